The van der Waals surface area contributed by atoms with E-state index < -0.39 is 5.41 Å². The molecule has 2 fully saturated rings. The van der Waals surface area contributed by atoms with Crippen molar-refractivity contribution in [3.05, 3.63) is 0 Å². The summed E-state index contributed by atoms with van der Waals surface area (Å²) in [5.74, 6) is 0.677. The molecule has 17 heavy (non-hydrogen) atoms. The number of amides is 1. The minimum Gasteiger partial charge on any atom is -0.392 e. The highest BCUT2D eigenvalue weighted by atomic mass is 32.1. The molecular weight excluding hydrogens is 232 g/mol. The number of rotatable bonds is 4. The zero-order valence-electron chi connectivity index (χ0n) is 10.7. The molecule has 2 aliphatic rings. The van der Waals surface area contributed by atoms with Gasteiger partial charge in [-0.1, -0.05) is 25.1 Å². The second kappa shape index (κ2) is 4.23. The fourth-order valence-corrected chi connectivity index (χ4v) is 3.18. The number of thiocarbonyl (C=S) groups is 1. The second-order valence-electron chi connectivity index (χ2n) is 6.10. The lowest BCUT2D eigenvalue weighted by molar-refractivity contribution is -0.129. The van der Waals surface area contributed by atoms with Gasteiger partial charge in [-0.15, -0.1) is 0 Å². The Kier molecular flexibility index (Phi) is 3.19. The van der Waals surface area contributed by atoms with E-state index in [1.54, 1.807) is 0 Å². The summed E-state index contributed by atoms with van der Waals surface area (Å²) in [4.78, 5) is 12.9. The number of hydrogen-bond acceptors (Lipinski definition) is 2. The SMILES string of the molecule is CC(C)(NC(=O)C1(C(N)=S)CCCC1)C1CC1. The minimum atomic E-state index is -0.568. The van der Waals surface area contributed by atoms with Gasteiger partial charge < -0.3 is 11.1 Å². The van der Waals surface area contributed by atoms with Crippen LogP contribution in [-0.2, 0) is 4.79 Å². The Labute approximate surface area is 109 Å². The lowest BCUT2D eigenvalue weighted by atomic mass is 9.83. The number of nitrogens with one attached hydrogen (secondary N) is 1. The van der Waals surface area contributed by atoms with Gasteiger partial charge in [-0.3, -0.25) is 4.79 Å². The van der Waals surface area contributed by atoms with Gasteiger partial charge in [0.2, 0.25) is 5.91 Å². The topological polar surface area (TPSA) is 55.1 Å². The van der Waals surface area contributed by atoms with Crippen molar-refractivity contribution < 1.29 is 4.79 Å². The van der Waals surface area contributed by atoms with E-state index in [2.05, 4.69) is 19.2 Å². The van der Waals surface area contributed by atoms with Crippen LogP contribution in [0.5, 0.6) is 0 Å². The Morgan fingerprint density at radius 3 is 2.29 bits per heavy atom. The third-order valence-electron chi connectivity index (χ3n) is 4.40. The van der Waals surface area contributed by atoms with Gasteiger partial charge >= 0.3 is 0 Å². The number of hydrogen-bond donors (Lipinski definition) is 2. The first-order chi connectivity index (χ1) is 7.88. The fourth-order valence-electron chi connectivity index (χ4n) is 2.88. The van der Waals surface area contributed by atoms with Gasteiger partial charge in [-0.25, -0.2) is 0 Å². The van der Waals surface area contributed by atoms with Crippen LogP contribution in [0.25, 0.3) is 0 Å². The summed E-state index contributed by atoms with van der Waals surface area (Å²) in [5, 5.41) is 3.18. The average Bonchev–Trinajstić information content (AvgIpc) is 2.96. The molecule has 3 nitrogen and oxygen atoms in total. The maximum absolute atomic E-state index is 12.5. The molecule has 2 rings (SSSR count). The molecule has 2 saturated carbocycles. The third kappa shape index (κ3) is 2.32. The molecule has 1 amide bonds. The molecule has 0 unspecified atom stereocenters. The Hall–Kier alpha value is -0.640. The monoisotopic (exact) mass is 254 g/mol. The first-order valence-electron chi connectivity index (χ1n) is 6.51. The van der Waals surface area contributed by atoms with E-state index in [0.717, 1.165) is 25.7 Å². The van der Waals surface area contributed by atoms with Gasteiger partial charge in [-0.05, 0) is 45.4 Å². The van der Waals surface area contributed by atoms with Crippen LogP contribution in [0.15, 0.2) is 0 Å². The second-order valence-corrected chi connectivity index (χ2v) is 6.54. The van der Waals surface area contributed by atoms with Crippen LogP contribution in [0.1, 0.15) is 52.4 Å². The van der Waals surface area contributed by atoms with Crippen LogP contribution >= 0.6 is 12.2 Å². The highest BCUT2D eigenvalue weighted by molar-refractivity contribution is 7.80. The molecule has 0 aromatic rings. The van der Waals surface area contributed by atoms with Crippen molar-refractivity contribution in [2.45, 2.75) is 57.9 Å². The van der Waals surface area contributed by atoms with Gasteiger partial charge in [0, 0.05) is 5.54 Å². The quantitative estimate of drug-likeness (QED) is 0.756. The van der Waals surface area contributed by atoms with Crippen LogP contribution in [0.4, 0.5) is 0 Å². The van der Waals surface area contributed by atoms with Crippen molar-refractivity contribution in [3.8, 4) is 0 Å². The van der Waals surface area contributed by atoms with Gasteiger partial charge in [0.25, 0.3) is 0 Å². The van der Waals surface area contributed by atoms with E-state index in [0.29, 0.717) is 10.9 Å². The van der Waals surface area contributed by atoms with Gasteiger partial charge in [0.05, 0.1) is 10.4 Å². The summed E-state index contributed by atoms with van der Waals surface area (Å²) < 4.78 is 0. The molecule has 0 bridgehead atoms. The summed E-state index contributed by atoms with van der Waals surface area (Å²) in [7, 11) is 0. The molecule has 0 aliphatic heterocycles. The molecule has 0 heterocycles. The zero-order chi connectivity index (χ0) is 12.7. The molecule has 0 atom stereocenters. The van der Waals surface area contributed by atoms with E-state index in [1.165, 1.54) is 12.8 Å². The van der Waals surface area contributed by atoms with E-state index in [4.69, 9.17) is 18.0 Å². The van der Waals surface area contributed by atoms with Crippen molar-refractivity contribution >= 4 is 23.1 Å². The maximum Gasteiger partial charge on any atom is 0.233 e. The summed E-state index contributed by atoms with van der Waals surface area (Å²) in [6.07, 6.45) is 6.16. The van der Waals surface area contributed by atoms with Gasteiger partial charge in [0.15, 0.2) is 0 Å². The molecule has 4 heteroatoms. The Balaban J connectivity index is 2.09. The maximum atomic E-state index is 12.5. The van der Waals surface area contributed by atoms with Crippen molar-refractivity contribution in [2.75, 3.05) is 0 Å². The van der Waals surface area contributed by atoms with Crippen molar-refractivity contribution in [2.24, 2.45) is 17.1 Å². The zero-order valence-corrected chi connectivity index (χ0v) is 11.5. The van der Waals surface area contributed by atoms with E-state index in [-0.39, 0.29) is 11.4 Å². The minimum absolute atomic E-state index is 0.0550. The Morgan fingerprint density at radius 2 is 1.88 bits per heavy atom. The normalized spacial score (nSPS) is 23.4. The van der Waals surface area contributed by atoms with Gasteiger partial charge in [-0.2, -0.15) is 0 Å². The number of carbonyl (C=O) groups excluding carboxylic acids is 1. The van der Waals surface area contributed by atoms with Crippen molar-refractivity contribution in [1.29, 1.82) is 0 Å². The third-order valence-corrected chi connectivity index (χ3v) is 4.79. The first kappa shape index (κ1) is 12.8. The van der Waals surface area contributed by atoms with E-state index >= 15 is 0 Å². The van der Waals surface area contributed by atoms with E-state index in [9.17, 15) is 4.79 Å². The standard InChI is InChI=1S/C13H22N2OS/c1-12(2,9-5-6-9)15-11(16)13(10(14)17)7-3-4-8-13/h9H,3-8H2,1-2H3,(H2,14,17)(H,15,16). The smallest absolute Gasteiger partial charge is 0.233 e. The predicted octanol–water partition coefficient (Wildman–Crippen LogP) is 2.14. The Morgan fingerprint density at radius 1 is 1.35 bits per heavy atom. The van der Waals surface area contributed by atoms with Crippen LogP contribution in [-0.4, -0.2) is 16.4 Å². The summed E-state index contributed by atoms with van der Waals surface area (Å²) >= 11 is 5.13. The van der Waals surface area contributed by atoms with Crippen LogP contribution in [0.2, 0.25) is 0 Å². The lowest BCUT2D eigenvalue weighted by Gasteiger charge is -2.33. The van der Waals surface area contributed by atoms with Crippen molar-refractivity contribution in [1.82, 2.24) is 5.32 Å². The number of carbonyl (C=O) groups is 1. The molecule has 3 N–H and O–H groups in total. The highest BCUT2D eigenvalue weighted by Crippen LogP contribution is 2.42. The first-order valence-corrected chi connectivity index (χ1v) is 6.92. The van der Waals surface area contributed by atoms with E-state index in [1.807, 2.05) is 0 Å². The molecule has 96 valence electrons. The summed E-state index contributed by atoms with van der Waals surface area (Å²) in [5.41, 5.74) is 5.13. The molecule has 0 aromatic carbocycles. The van der Waals surface area contributed by atoms with Crippen molar-refractivity contribution in [3.63, 3.8) is 0 Å². The summed E-state index contributed by atoms with van der Waals surface area (Å²) in [6.45, 7) is 4.20. The molecule has 0 spiro atoms. The number of nitrogens with two attached hydrogens (primary N) is 1. The van der Waals surface area contributed by atoms with Crippen LogP contribution in [0, 0.1) is 11.3 Å². The molecule has 0 saturated heterocycles. The average molecular weight is 254 g/mol. The fraction of sp³-hybridized carbons (Fsp3) is 0.846. The van der Waals surface area contributed by atoms with Crippen LogP contribution in [0.3, 0.4) is 0 Å². The Bertz CT molecular complexity index is 341. The van der Waals surface area contributed by atoms with Crippen LogP contribution < -0.4 is 11.1 Å². The highest BCUT2D eigenvalue weighted by Gasteiger charge is 2.47. The molecule has 0 radical (unpaired) electrons. The molecule has 2 aliphatic carbocycles. The van der Waals surface area contributed by atoms with Gasteiger partial charge in [0.1, 0.15) is 0 Å². The lowest BCUT2D eigenvalue weighted by Crippen LogP contribution is -2.54. The predicted molar refractivity (Wildman–Crippen MR) is 72.6 cm³/mol. The summed E-state index contributed by atoms with van der Waals surface area (Å²) in [6, 6.07) is 0. The molecular formula is C13H22N2OS. The molecule has 0 aromatic heterocycles. The largest absolute Gasteiger partial charge is 0.392 e.